The van der Waals surface area contributed by atoms with Gasteiger partial charge in [0.1, 0.15) is 11.9 Å². The summed E-state index contributed by atoms with van der Waals surface area (Å²) < 4.78 is 40.4. The average molecular weight is 838 g/mol. The lowest BCUT2D eigenvalue weighted by Crippen LogP contribution is -2.60. The summed E-state index contributed by atoms with van der Waals surface area (Å²) in [6, 6.07) is 13.5. The van der Waals surface area contributed by atoms with Gasteiger partial charge in [0.25, 0.3) is 11.8 Å². The number of alkyl halides is 3. The minimum absolute atomic E-state index is 0.0818. The molecular formula is C44H46F3N9O5. The van der Waals surface area contributed by atoms with E-state index < -0.39 is 47.0 Å². The number of pyridine rings is 1. The molecule has 7 heterocycles. The summed E-state index contributed by atoms with van der Waals surface area (Å²) in [6.45, 7) is 7.50. The first-order chi connectivity index (χ1) is 29.3. The number of imide groups is 2. The van der Waals surface area contributed by atoms with Gasteiger partial charge in [-0.2, -0.15) is 18.4 Å². The first-order valence-corrected chi connectivity index (χ1v) is 21.0. The van der Waals surface area contributed by atoms with Crippen molar-refractivity contribution in [2.45, 2.75) is 57.2 Å². The molecule has 318 valence electrons. The number of halogens is 3. The maximum atomic E-state index is 13.5. The van der Waals surface area contributed by atoms with Crippen LogP contribution in [-0.2, 0) is 20.6 Å². The summed E-state index contributed by atoms with van der Waals surface area (Å²) in [6.07, 6.45) is 1.58. The van der Waals surface area contributed by atoms with Crippen LogP contribution in [0.15, 0.2) is 54.7 Å². The maximum absolute atomic E-state index is 13.5. The fraction of sp³-hybridized carbons (Fsp3) is 0.477. The van der Waals surface area contributed by atoms with E-state index in [1.165, 1.54) is 12.1 Å². The zero-order chi connectivity index (χ0) is 42.6. The molecule has 5 fully saturated rings. The van der Waals surface area contributed by atoms with Gasteiger partial charge in [-0.15, -0.1) is 0 Å². The van der Waals surface area contributed by atoms with Crippen LogP contribution < -0.4 is 25.3 Å². The molecule has 2 aromatic carbocycles. The summed E-state index contributed by atoms with van der Waals surface area (Å²) >= 11 is 0. The molecule has 1 unspecified atom stereocenters. The molecule has 5 amide bonds. The van der Waals surface area contributed by atoms with Crippen LogP contribution in [0.1, 0.15) is 76.8 Å². The Labute approximate surface area is 350 Å². The number of carbonyl (C=O) groups is 5. The molecule has 6 aliphatic rings. The van der Waals surface area contributed by atoms with E-state index in [1.54, 1.807) is 24.4 Å². The topological polar surface area (TPSA) is 162 Å². The van der Waals surface area contributed by atoms with Crippen molar-refractivity contribution in [2.24, 2.45) is 17.3 Å². The molecule has 14 nitrogen and oxygen atoms in total. The van der Waals surface area contributed by atoms with E-state index in [1.807, 2.05) is 23.1 Å². The van der Waals surface area contributed by atoms with Gasteiger partial charge < -0.3 is 24.9 Å². The Morgan fingerprint density at radius 3 is 2.21 bits per heavy atom. The van der Waals surface area contributed by atoms with Crippen LogP contribution in [-0.4, -0.2) is 109 Å². The monoisotopic (exact) mass is 837 g/mol. The van der Waals surface area contributed by atoms with Gasteiger partial charge in [-0.1, -0.05) is 0 Å². The third kappa shape index (κ3) is 7.89. The Balaban J connectivity index is 0.705. The van der Waals surface area contributed by atoms with Gasteiger partial charge in [0.15, 0.2) is 0 Å². The van der Waals surface area contributed by atoms with Gasteiger partial charge in [-0.3, -0.25) is 34.2 Å². The average Bonchev–Trinajstić information content (AvgIpc) is 3.81. The van der Waals surface area contributed by atoms with Gasteiger partial charge in [0, 0.05) is 74.9 Å². The minimum Gasteiger partial charge on any atom is -0.371 e. The van der Waals surface area contributed by atoms with Crippen molar-refractivity contribution in [3.8, 4) is 6.07 Å². The van der Waals surface area contributed by atoms with E-state index >= 15 is 0 Å². The van der Waals surface area contributed by atoms with Crippen molar-refractivity contribution < 1.29 is 37.1 Å². The molecule has 0 bridgehead atoms. The molecule has 17 heteroatoms. The van der Waals surface area contributed by atoms with Gasteiger partial charge in [0.05, 0.1) is 40.2 Å². The van der Waals surface area contributed by atoms with E-state index in [0.717, 1.165) is 87.4 Å². The second kappa shape index (κ2) is 15.8. The highest BCUT2D eigenvalue weighted by Crippen LogP contribution is 2.43. The van der Waals surface area contributed by atoms with Crippen LogP contribution in [0.3, 0.4) is 0 Å². The molecule has 1 spiro atoms. The highest BCUT2D eigenvalue weighted by molar-refractivity contribution is 6.23. The molecule has 1 aromatic heterocycles. The van der Waals surface area contributed by atoms with Crippen molar-refractivity contribution in [2.75, 3.05) is 78.9 Å². The number of nitrogens with one attached hydrogen (secondary N) is 2. The maximum Gasteiger partial charge on any atom is 0.417 e. The number of hydrogen-bond acceptors (Lipinski definition) is 11. The van der Waals surface area contributed by atoms with E-state index in [2.05, 4.69) is 30.3 Å². The Hall–Kier alpha value is -6.02. The lowest BCUT2D eigenvalue weighted by molar-refractivity contribution is -0.138. The van der Waals surface area contributed by atoms with E-state index in [-0.39, 0.29) is 35.6 Å². The van der Waals surface area contributed by atoms with Crippen molar-refractivity contribution in [3.05, 3.63) is 77.0 Å². The van der Waals surface area contributed by atoms with Crippen molar-refractivity contribution >= 4 is 52.4 Å². The van der Waals surface area contributed by atoms with Crippen LogP contribution in [0.25, 0.3) is 0 Å². The summed E-state index contributed by atoms with van der Waals surface area (Å²) in [7, 11) is 0. The summed E-state index contributed by atoms with van der Waals surface area (Å²) in [5.74, 6) is -1.53. The molecular weight excluding hydrogens is 792 g/mol. The minimum atomic E-state index is -4.63. The second-order valence-corrected chi connectivity index (χ2v) is 17.4. The standard InChI is InChI=1S/C44H46F3N9O5/c45-44(46,47)35-20-31(2-1-29(35)21-48)53-15-10-28(11-16-53)39(58)50-37-7-4-32(22-49-37)55-25-43(26-55)12-17-52(18-13-43)23-27-9-14-54(24-27)30-3-5-33-34(19-30)42(61)56(41(33)60)36-6-8-38(57)51-40(36)59/h1-5,7,19-20,22,27-28,36H,6,8-18,23-26H2,(H,49,50,58)(H,51,57,59)/t27-,36?/m0/s1. The molecule has 0 radical (unpaired) electrons. The molecule has 2 atom stereocenters. The number of anilines is 4. The van der Waals surface area contributed by atoms with Crippen LogP contribution in [0.2, 0.25) is 0 Å². The fourth-order valence-corrected chi connectivity index (χ4v) is 10.0. The van der Waals surface area contributed by atoms with Crippen LogP contribution in [0.4, 0.5) is 36.1 Å². The third-order valence-electron chi connectivity index (χ3n) is 13.6. The van der Waals surface area contributed by atoms with Gasteiger partial charge in [-0.25, -0.2) is 4.98 Å². The van der Waals surface area contributed by atoms with E-state index in [0.29, 0.717) is 48.9 Å². The third-order valence-corrected chi connectivity index (χ3v) is 13.6. The number of piperidine rings is 3. The molecule has 2 N–H and O–H groups in total. The number of carbonyl (C=O) groups excluding carboxylic acids is 5. The summed E-state index contributed by atoms with van der Waals surface area (Å²) in [4.78, 5) is 78.2. The number of rotatable bonds is 8. The zero-order valence-electron chi connectivity index (χ0n) is 33.5. The highest BCUT2D eigenvalue weighted by Gasteiger charge is 2.47. The van der Waals surface area contributed by atoms with Crippen molar-refractivity contribution in [3.63, 3.8) is 0 Å². The molecule has 6 aliphatic heterocycles. The number of amides is 5. The second-order valence-electron chi connectivity index (χ2n) is 17.4. The molecule has 5 saturated heterocycles. The Morgan fingerprint density at radius 2 is 1.52 bits per heavy atom. The van der Waals surface area contributed by atoms with Crippen molar-refractivity contribution in [1.29, 1.82) is 5.26 Å². The molecule has 61 heavy (non-hydrogen) atoms. The lowest BCUT2D eigenvalue weighted by atomic mass is 9.71. The number of hydrogen-bond donors (Lipinski definition) is 2. The molecule has 0 saturated carbocycles. The SMILES string of the molecule is N#Cc1ccc(N2CCC(C(=O)Nc3ccc(N4CC5(CCN(C[C@@H]6CCN(c7ccc8c(c7)C(=O)N(C7CCC(=O)NC7=O)C8=O)C6)CC5)C4)cn3)CC2)cc1C(F)(F)F. The number of nitriles is 1. The zero-order valence-corrected chi connectivity index (χ0v) is 33.5. The van der Waals surface area contributed by atoms with Gasteiger partial charge in [-0.05, 0) is 106 Å². The number of nitrogens with zero attached hydrogens (tertiary/aromatic N) is 7. The smallest absolute Gasteiger partial charge is 0.371 e. The Morgan fingerprint density at radius 1 is 0.836 bits per heavy atom. The molecule has 3 aromatic rings. The van der Waals surface area contributed by atoms with E-state index in [4.69, 9.17) is 5.26 Å². The van der Waals surface area contributed by atoms with Gasteiger partial charge >= 0.3 is 6.18 Å². The largest absolute Gasteiger partial charge is 0.417 e. The number of benzene rings is 2. The number of aromatic nitrogens is 1. The van der Waals surface area contributed by atoms with Crippen molar-refractivity contribution in [1.82, 2.24) is 20.1 Å². The van der Waals surface area contributed by atoms with Crippen LogP contribution in [0.5, 0.6) is 0 Å². The quantitative estimate of drug-likeness (QED) is 0.304. The van der Waals surface area contributed by atoms with E-state index in [9.17, 15) is 37.1 Å². The van der Waals surface area contributed by atoms with Crippen LogP contribution in [0, 0.1) is 28.6 Å². The summed E-state index contributed by atoms with van der Waals surface area (Å²) in [5, 5.41) is 14.3. The molecule has 0 aliphatic carbocycles. The first kappa shape index (κ1) is 40.4. The predicted molar refractivity (Wildman–Crippen MR) is 218 cm³/mol. The predicted octanol–water partition coefficient (Wildman–Crippen LogP) is 4.66. The molecule has 9 rings (SSSR count). The number of fused-ring (bicyclic) bond motifs is 1. The first-order valence-electron chi connectivity index (χ1n) is 21.0. The normalized spacial score (nSPS) is 23.2. The summed E-state index contributed by atoms with van der Waals surface area (Å²) in [5.41, 5.74) is 1.77. The highest BCUT2D eigenvalue weighted by atomic mass is 19.4. The Kier molecular flexibility index (Phi) is 10.5. The lowest BCUT2D eigenvalue weighted by Gasteiger charge is -2.55. The van der Waals surface area contributed by atoms with Gasteiger partial charge in [0.2, 0.25) is 17.7 Å². The number of likely N-dealkylation sites (tertiary alicyclic amines) is 1. The Bertz CT molecular complexity index is 2310. The van der Waals surface area contributed by atoms with Crippen LogP contribution >= 0.6 is 0 Å². The fourth-order valence-electron chi connectivity index (χ4n) is 10.0.